The minimum atomic E-state index is -0.839. The lowest BCUT2D eigenvalue weighted by Gasteiger charge is -2.20. The Balaban J connectivity index is 3.33. The third-order valence-corrected chi connectivity index (χ3v) is 14.7. The second-order valence-corrected chi connectivity index (χ2v) is 21.7. The first-order chi connectivity index (χ1) is 34.5. The second-order valence-electron chi connectivity index (χ2n) is 21.7. The molecule has 0 rings (SSSR count). The third-order valence-electron chi connectivity index (χ3n) is 14.7. The molecule has 2 unspecified atom stereocenters. The van der Waals surface area contributed by atoms with E-state index in [1.165, 1.54) is 283 Å². The van der Waals surface area contributed by atoms with Gasteiger partial charge in [-0.1, -0.05) is 301 Å². The van der Waals surface area contributed by atoms with Crippen LogP contribution in [0.15, 0.2) is 24.3 Å². The molecule has 0 aromatic rings. The molecule has 3 N–H and O–H groups in total. The Morgan fingerprint density at radius 3 is 1.01 bits per heavy atom. The number of unbranched alkanes of at least 4 members (excludes halogenated alkanes) is 46. The number of carbonyl (C=O) groups excluding carboxylic acids is 2. The molecule has 1 amide bonds. The van der Waals surface area contributed by atoms with Crippen molar-refractivity contribution in [2.45, 2.75) is 360 Å². The van der Waals surface area contributed by atoms with Crippen LogP contribution < -0.4 is 5.32 Å². The molecule has 0 radical (unpaired) electrons. The van der Waals surface area contributed by atoms with Gasteiger partial charge >= 0.3 is 5.97 Å². The maximum absolute atomic E-state index is 12.4. The molecule has 0 aliphatic carbocycles. The van der Waals surface area contributed by atoms with Gasteiger partial charge in [0.25, 0.3) is 0 Å². The summed E-state index contributed by atoms with van der Waals surface area (Å²) < 4.78 is 5.48. The molecule has 0 saturated carbocycles. The summed E-state index contributed by atoms with van der Waals surface area (Å²) in [5.74, 6) is -0.0483. The smallest absolute Gasteiger partial charge is 0.305 e. The van der Waals surface area contributed by atoms with E-state index in [0.717, 1.165) is 38.5 Å². The summed E-state index contributed by atoms with van der Waals surface area (Å²) in [4.78, 5) is 24.4. The number of amides is 1. The molecule has 0 fully saturated rings. The van der Waals surface area contributed by atoms with Crippen LogP contribution in [0.1, 0.15) is 348 Å². The normalized spacial score (nSPS) is 12.7. The zero-order valence-electron chi connectivity index (χ0n) is 47.3. The molecule has 2 atom stereocenters. The zero-order valence-corrected chi connectivity index (χ0v) is 47.3. The Kier molecular flexibility index (Phi) is 58.5. The van der Waals surface area contributed by atoms with E-state index in [2.05, 4.69) is 31.3 Å². The molecular formula is C64H123NO5. The standard InChI is InChI=1S/C64H123NO5/c1-3-5-7-9-11-13-14-38-42-46-50-54-58-64(69)70-59-55-51-47-43-39-36-34-32-30-28-26-24-22-20-18-16-15-17-19-21-23-25-27-29-31-33-35-37-41-45-49-53-57-63(68)65-61(60-66)62(67)56-52-48-44-40-12-10-8-6-4-2/h18,20,52,56,61-62,66-67H,3-17,19,21-51,53-55,57-60H2,1-2H3,(H,65,68)/b20-18-,56-52+. The van der Waals surface area contributed by atoms with E-state index in [4.69, 9.17) is 4.74 Å². The Bertz CT molecular complexity index is 1090. The lowest BCUT2D eigenvalue weighted by atomic mass is 10.0. The number of nitrogens with one attached hydrogen (secondary N) is 1. The minimum Gasteiger partial charge on any atom is -0.466 e. The molecular weight excluding hydrogens is 863 g/mol. The van der Waals surface area contributed by atoms with Crippen LogP contribution in [0.2, 0.25) is 0 Å². The number of esters is 1. The van der Waals surface area contributed by atoms with Crippen molar-refractivity contribution in [2.24, 2.45) is 0 Å². The molecule has 414 valence electrons. The van der Waals surface area contributed by atoms with Gasteiger partial charge in [0.15, 0.2) is 0 Å². The summed E-state index contributed by atoms with van der Waals surface area (Å²) in [7, 11) is 0. The van der Waals surface area contributed by atoms with Crippen molar-refractivity contribution in [1.29, 1.82) is 0 Å². The zero-order chi connectivity index (χ0) is 50.7. The van der Waals surface area contributed by atoms with Gasteiger partial charge in [0.2, 0.25) is 5.91 Å². The van der Waals surface area contributed by atoms with Crippen molar-refractivity contribution in [1.82, 2.24) is 5.32 Å². The summed E-state index contributed by atoms with van der Waals surface area (Å²) in [6.45, 7) is 4.89. The minimum absolute atomic E-state index is 0.0187. The molecule has 0 aromatic heterocycles. The average molecular weight is 987 g/mol. The van der Waals surface area contributed by atoms with Gasteiger partial charge in [-0.15, -0.1) is 0 Å². The molecule has 70 heavy (non-hydrogen) atoms. The first-order valence-corrected chi connectivity index (χ1v) is 31.6. The highest BCUT2D eigenvalue weighted by Gasteiger charge is 2.18. The number of carbonyl (C=O) groups is 2. The summed E-state index contributed by atoms with van der Waals surface area (Å²) in [6.07, 6.45) is 73.9. The Morgan fingerprint density at radius 1 is 0.386 bits per heavy atom. The Hall–Kier alpha value is -1.66. The van der Waals surface area contributed by atoms with E-state index in [9.17, 15) is 19.8 Å². The molecule has 6 nitrogen and oxygen atoms in total. The van der Waals surface area contributed by atoms with E-state index in [0.29, 0.717) is 19.4 Å². The predicted molar refractivity (Wildman–Crippen MR) is 306 cm³/mol. The van der Waals surface area contributed by atoms with Crippen molar-refractivity contribution in [3.63, 3.8) is 0 Å². The summed E-state index contributed by atoms with van der Waals surface area (Å²) >= 11 is 0. The molecule has 0 saturated heterocycles. The van der Waals surface area contributed by atoms with Gasteiger partial charge in [-0.05, 0) is 57.8 Å². The first kappa shape index (κ1) is 68.3. The second kappa shape index (κ2) is 59.9. The van der Waals surface area contributed by atoms with Crippen LogP contribution in [0.3, 0.4) is 0 Å². The SMILES string of the molecule is CCCCCCCCC/C=C/C(O)C(CO)NC(=O)CCCCCCCCCCCCCCCCCC/C=C\CCCCCCCCCCCCCCOC(=O)CCCCCCCCCCCCCC. The number of ether oxygens (including phenoxy) is 1. The molecule has 0 spiro atoms. The number of allylic oxidation sites excluding steroid dienone is 3. The summed E-state index contributed by atoms with van der Waals surface area (Å²) in [5.41, 5.74) is 0. The van der Waals surface area contributed by atoms with Crippen LogP contribution in [0.4, 0.5) is 0 Å². The van der Waals surface area contributed by atoms with Gasteiger partial charge in [0.05, 0.1) is 25.4 Å². The van der Waals surface area contributed by atoms with Gasteiger partial charge in [-0.25, -0.2) is 0 Å². The highest BCUT2D eigenvalue weighted by atomic mass is 16.5. The third kappa shape index (κ3) is 55.7. The maximum Gasteiger partial charge on any atom is 0.305 e. The lowest BCUT2D eigenvalue weighted by molar-refractivity contribution is -0.143. The number of hydrogen-bond acceptors (Lipinski definition) is 5. The fourth-order valence-corrected chi connectivity index (χ4v) is 9.87. The van der Waals surface area contributed by atoms with Crippen molar-refractivity contribution in [3.05, 3.63) is 24.3 Å². The van der Waals surface area contributed by atoms with E-state index >= 15 is 0 Å². The van der Waals surface area contributed by atoms with E-state index in [-0.39, 0.29) is 18.5 Å². The molecule has 6 heteroatoms. The molecule has 0 bridgehead atoms. The van der Waals surface area contributed by atoms with Gasteiger partial charge in [-0.3, -0.25) is 9.59 Å². The van der Waals surface area contributed by atoms with E-state index in [1.54, 1.807) is 6.08 Å². The monoisotopic (exact) mass is 986 g/mol. The summed E-state index contributed by atoms with van der Waals surface area (Å²) in [6, 6.07) is -0.623. The van der Waals surface area contributed by atoms with Crippen molar-refractivity contribution < 1.29 is 24.5 Å². The van der Waals surface area contributed by atoms with Crippen LogP contribution in [0, 0.1) is 0 Å². The van der Waals surface area contributed by atoms with Crippen LogP contribution >= 0.6 is 0 Å². The van der Waals surface area contributed by atoms with Gasteiger partial charge in [0, 0.05) is 12.8 Å². The number of hydrogen-bond donors (Lipinski definition) is 3. The lowest BCUT2D eigenvalue weighted by Crippen LogP contribution is -2.45. The van der Waals surface area contributed by atoms with Gasteiger partial charge < -0.3 is 20.3 Å². The van der Waals surface area contributed by atoms with Crippen molar-refractivity contribution in [3.8, 4) is 0 Å². The van der Waals surface area contributed by atoms with Crippen LogP contribution in [0.5, 0.6) is 0 Å². The first-order valence-electron chi connectivity index (χ1n) is 31.6. The molecule has 0 aliphatic heterocycles. The van der Waals surface area contributed by atoms with E-state index < -0.39 is 12.1 Å². The van der Waals surface area contributed by atoms with Crippen molar-refractivity contribution in [2.75, 3.05) is 13.2 Å². The van der Waals surface area contributed by atoms with Crippen LogP contribution in [-0.2, 0) is 14.3 Å². The molecule has 0 aromatic carbocycles. The highest BCUT2D eigenvalue weighted by Crippen LogP contribution is 2.18. The Morgan fingerprint density at radius 2 is 0.671 bits per heavy atom. The fourth-order valence-electron chi connectivity index (χ4n) is 9.87. The van der Waals surface area contributed by atoms with Crippen LogP contribution in [0.25, 0.3) is 0 Å². The van der Waals surface area contributed by atoms with E-state index in [1.807, 2.05) is 6.08 Å². The van der Waals surface area contributed by atoms with Crippen molar-refractivity contribution >= 4 is 11.9 Å². The highest BCUT2D eigenvalue weighted by molar-refractivity contribution is 5.76. The van der Waals surface area contributed by atoms with Gasteiger partial charge in [-0.2, -0.15) is 0 Å². The van der Waals surface area contributed by atoms with Crippen LogP contribution in [-0.4, -0.2) is 47.4 Å². The number of aliphatic hydroxyl groups is 2. The quantitative estimate of drug-likeness (QED) is 0.0321. The largest absolute Gasteiger partial charge is 0.466 e. The Labute approximate surface area is 437 Å². The molecule has 0 aliphatic rings. The number of rotatable bonds is 59. The molecule has 0 heterocycles. The topological polar surface area (TPSA) is 95.9 Å². The predicted octanol–water partition coefficient (Wildman–Crippen LogP) is 19.8. The maximum atomic E-state index is 12.4. The fraction of sp³-hybridized carbons (Fsp3) is 0.906. The summed E-state index contributed by atoms with van der Waals surface area (Å²) in [5, 5.41) is 22.9. The van der Waals surface area contributed by atoms with Gasteiger partial charge in [0.1, 0.15) is 0 Å². The average Bonchev–Trinajstić information content (AvgIpc) is 3.36. The number of aliphatic hydroxyl groups excluding tert-OH is 2.